The van der Waals surface area contributed by atoms with Crippen molar-refractivity contribution in [3.8, 4) is 5.69 Å². The van der Waals surface area contributed by atoms with E-state index in [1.807, 2.05) is 59.2 Å². The van der Waals surface area contributed by atoms with Crippen LogP contribution in [0.15, 0.2) is 67.1 Å². The van der Waals surface area contributed by atoms with E-state index < -0.39 is 0 Å². The summed E-state index contributed by atoms with van der Waals surface area (Å²) in [5.74, 6) is 0.215. The Hall–Kier alpha value is -3.08. The second-order valence-corrected chi connectivity index (χ2v) is 6.97. The van der Waals surface area contributed by atoms with Gasteiger partial charge in [-0.1, -0.05) is 30.3 Å². The zero-order valence-electron chi connectivity index (χ0n) is 15.6. The number of hydrogen-bond donors (Lipinski definition) is 0. The van der Waals surface area contributed by atoms with Gasteiger partial charge in [0.15, 0.2) is 0 Å². The molecule has 1 aliphatic rings. The Balaban J connectivity index is 1.34. The van der Waals surface area contributed by atoms with Crippen LogP contribution in [0.4, 0.5) is 5.69 Å². The Morgan fingerprint density at radius 3 is 2.22 bits per heavy atom. The van der Waals surface area contributed by atoms with E-state index >= 15 is 0 Å². The molecular weight excluding hydrogens is 336 g/mol. The number of benzene rings is 2. The number of anilines is 1. The fourth-order valence-electron chi connectivity index (χ4n) is 3.49. The number of carbonyl (C=O) groups excluding carboxylic acids is 1. The second-order valence-electron chi connectivity index (χ2n) is 6.97. The van der Waals surface area contributed by atoms with E-state index in [0.717, 1.165) is 43.1 Å². The predicted molar refractivity (Wildman–Crippen MR) is 107 cm³/mol. The first-order valence-corrected chi connectivity index (χ1v) is 9.37. The van der Waals surface area contributed by atoms with E-state index in [1.165, 1.54) is 5.69 Å². The first-order chi connectivity index (χ1) is 13.2. The minimum Gasteiger partial charge on any atom is -0.368 e. The highest BCUT2D eigenvalue weighted by Gasteiger charge is 2.21. The molecule has 0 atom stereocenters. The number of aryl methyl sites for hydroxylation is 1. The van der Waals surface area contributed by atoms with Crippen molar-refractivity contribution in [1.82, 2.24) is 14.5 Å². The number of imidazole rings is 1. The molecule has 2 aromatic carbocycles. The molecule has 1 fully saturated rings. The number of amides is 1. The molecule has 0 saturated carbocycles. The van der Waals surface area contributed by atoms with Gasteiger partial charge in [0.2, 0.25) is 5.91 Å². The van der Waals surface area contributed by atoms with E-state index in [0.29, 0.717) is 6.42 Å². The van der Waals surface area contributed by atoms with Gasteiger partial charge in [-0.15, -0.1) is 0 Å². The van der Waals surface area contributed by atoms with Crippen LogP contribution < -0.4 is 4.90 Å². The molecule has 2 heterocycles. The van der Waals surface area contributed by atoms with Crippen LogP contribution in [-0.4, -0.2) is 46.5 Å². The summed E-state index contributed by atoms with van der Waals surface area (Å²) in [4.78, 5) is 21.1. The Morgan fingerprint density at radius 1 is 0.926 bits per heavy atom. The van der Waals surface area contributed by atoms with Gasteiger partial charge in [-0.25, -0.2) is 4.98 Å². The average Bonchev–Trinajstić information content (AvgIpc) is 3.15. The van der Waals surface area contributed by atoms with Crippen LogP contribution >= 0.6 is 0 Å². The summed E-state index contributed by atoms with van der Waals surface area (Å²) in [6.07, 6.45) is 4.34. The molecule has 1 saturated heterocycles. The SMILES string of the molecule is Cc1cn(-c2ccc(N3CCN(C(=O)Cc4ccccc4)CC3)cc2)cn1. The van der Waals surface area contributed by atoms with Gasteiger partial charge < -0.3 is 14.4 Å². The van der Waals surface area contributed by atoms with Crippen molar-refractivity contribution in [2.45, 2.75) is 13.3 Å². The predicted octanol–water partition coefficient (Wildman–Crippen LogP) is 3.07. The lowest BCUT2D eigenvalue weighted by molar-refractivity contribution is -0.130. The summed E-state index contributed by atoms with van der Waals surface area (Å²) in [6.45, 7) is 5.26. The maximum absolute atomic E-state index is 12.5. The van der Waals surface area contributed by atoms with E-state index in [1.54, 1.807) is 0 Å². The van der Waals surface area contributed by atoms with Gasteiger partial charge in [-0.2, -0.15) is 0 Å². The van der Waals surface area contributed by atoms with Crippen molar-refractivity contribution in [3.63, 3.8) is 0 Å². The standard InChI is InChI=1S/C22H24N4O/c1-18-16-26(17-23-18)21-9-7-20(8-10-21)24-11-13-25(14-12-24)22(27)15-19-5-3-2-4-6-19/h2-10,16-17H,11-15H2,1H3. The smallest absolute Gasteiger partial charge is 0.227 e. The molecule has 0 N–H and O–H groups in total. The molecule has 5 heteroatoms. The largest absolute Gasteiger partial charge is 0.368 e. The number of piperazine rings is 1. The molecule has 1 aliphatic heterocycles. The van der Waals surface area contributed by atoms with Crippen molar-refractivity contribution in [2.75, 3.05) is 31.1 Å². The third-order valence-corrected chi connectivity index (χ3v) is 5.06. The lowest BCUT2D eigenvalue weighted by Gasteiger charge is -2.36. The van der Waals surface area contributed by atoms with Gasteiger partial charge in [0.1, 0.15) is 0 Å². The van der Waals surface area contributed by atoms with Gasteiger partial charge in [0, 0.05) is 43.8 Å². The summed E-state index contributed by atoms with van der Waals surface area (Å²) >= 11 is 0. The summed E-state index contributed by atoms with van der Waals surface area (Å²) in [5, 5.41) is 0. The van der Waals surface area contributed by atoms with Crippen LogP contribution in [-0.2, 0) is 11.2 Å². The number of aromatic nitrogens is 2. The molecule has 5 nitrogen and oxygen atoms in total. The molecule has 1 amide bonds. The summed E-state index contributed by atoms with van der Waals surface area (Å²) in [5.41, 5.74) is 4.40. The van der Waals surface area contributed by atoms with Crippen LogP contribution in [0.25, 0.3) is 5.69 Å². The minimum absolute atomic E-state index is 0.215. The van der Waals surface area contributed by atoms with Crippen molar-refractivity contribution in [3.05, 3.63) is 78.4 Å². The number of carbonyl (C=O) groups is 1. The molecule has 0 unspecified atom stereocenters. The van der Waals surface area contributed by atoms with Gasteiger partial charge in [-0.05, 0) is 36.8 Å². The van der Waals surface area contributed by atoms with Gasteiger partial charge in [0.25, 0.3) is 0 Å². The quantitative estimate of drug-likeness (QED) is 0.718. The zero-order valence-corrected chi connectivity index (χ0v) is 15.6. The summed E-state index contributed by atoms with van der Waals surface area (Å²) in [7, 11) is 0. The van der Waals surface area contributed by atoms with E-state index in [4.69, 9.17) is 0 Å². The second kappa shape index (κ2) is 7.66. The number of rotatable bonds is 4. The Bertz CT molecular complexity index is 894. The van der Waals surface area contributed by atoms with Crippen LogP contribution in [0.1, 0.15) is 11.3 Å². The molecule has 1 aromatic heterocycles. The third-order valence-electron chi connectivity index (χ3n) is 5.06. The molecule has 138 valence electrons. The van der Waals surface area contributed by atoms with Gasteiger partial charge >= 0.3 is 0 Å². The van der Waals surface area contributed by atoms with E-state index in [9.17, 15) is 4.79 Å². The zero-order chi connectivity index (χ0) is 18.6. The highest BCUT2D eigenvalue weighted by molar-refractivity contribution is 5.79. The molecule has 4 rings (SSSR count). The molecule has 0 bridgehead atoms. The van der Waals surface area contributed by atoms with Gasteiger partial charge in [0.05, 0.1) is 18.4 Å². The van der Waals surface area contributed by atoms with E-state index in [-0.39, 0.29) is 5.91 Å². The van der Waals surface area contributed by atoms with Crippen LogP contribution in [0.5, 0.6) is 0 Å². The van der Waals surface area contributed by atoms with Gasteiger partial charge in [-0.3, -0.25) is 4.79 Å². The number of hydrogen-bond acceptors (Lipinski definition) is 3. The van der Waals surface area contributed by atoms with Crippen molar-refractivity contribution < 1.29 is 4.79 Å². The number of nitrogens with zero attached hydrogens (tertiary/aromatic N) is 4. The minimum atomic E-state index is 0.215. The first-order valence-electron chi connectivity index (χ1n) is 9.37. The highest BCUT2D eigenvalue weighted by atomic mass is 16.2. The Kier molecular flexibility index (Phi) is 4.92. The summed E-state index contributed by atoms with van der Waals surface area (Å²) in [6, 6.07) is 18.5. The fourth-order valence-corrected chi connectivity index (χ4v) is 3.49. The molecule has 0 aliphatic carbocycles. The van der Waals surface area contributed by atoms with Crippen LogP contribution in [0.3, 0.4) is 0 Å². The monoisotopic (exact) mass is 360 g/mol. The topological polar surface area (TPSA) is 41.4 Å². The molecule has 0 radical (unpaired) electrons. The van der Waals surface area contributed by atoms with Crippen LogP contribution in [0, 0.1) is 6.92 Å². The summed E-state index contributed by atoms with van der Waals surface area (Å²) < 4.78 is 2.03. The normalized spacial score (nSPS) is 14.4. The maximum atomic E-state index is 12.5. The highest BCUT2D eigenvalue weighted by Crippen LogP contribution is 2.19. The molecule has 0 spiro atoms. The van der Waals surface area contributed by atoms with E-state index in [2.05, 4.69) is 34.1 Å². The van der Waals surface area contributed by atoms with Crippen molar-refractivity contribution in [1.29, 1.82) is 0 Å². The average molecular weight is 360 g/mol. The fraction of sp³-hybridized carbons (Fsp3) is 0.273. The molecule has 27 heavy (non-hydrogen) atoms. The molecule has 3 aromatic rings. The van der Waals surface area contributed by atoms with Crippen molar-refractivity contribution >= 4 is 11.6 Å². The van der Waals surface area contributed by atoms with Crippen LogP contribution in [0.2, 0.25) is 0 Å². The Morgan fingerprint density at radius 2 is 1.59 bits per heavy atom. The maximum Gasteiger partial charge on any atom is 0.227 e. The van der Waals surface area contributed by atoms with Crippen molar-refractivity contribution in [2.24, 2.45) is 0 Å². The Labute approximate surface area is 159 Å². The third kappa shape index (κ3) is 4.03. The first kappa shape index (κ1) is 17.3. The lowest BCUT2D eigenvalue weighted by Crippen LogP contribution is -2.49. The molecular formula is C22H24N4O. The lowest BCUT2D eigenvalue weighted by atomic mass is 10.1.